The quantitative estimate of drug-likeness (QED) is 0.310. The van der Waals surface area contributed by atoms with Gasteiger partial charge in [-0.15, -0.1) is 24.0 Å². The van der Waals surface area contributed by atoms with E-state index in [1.165, 1.54) is 5.56 Å². The van der Waals surface area contributed by atoms with Gasteiger partial charge in [0.15, 0.2) is 17.5 Å². The average molecular weight is 527 g/mol. The molecular formula is C22H30IN3O4. The van der Waals surface area contributed by atoms with E-state index in [1.54, 1.807) is 14.2 Å². The number of nitrogens with one attached hydrogen (secondary N) is 1. The van der Waals surface area contributed by atoms with E-state index in [4.69, 9.17) is 24.7 Å². The van der Waals surface area contributed by atoms with Crippen LogP contribution in [-0.2, 0) is 19.5 Å². The van der Waals surface area contributed by atoms with Crippen LogP contribution in [0.5, 0.6) is 23.0 Å². The number of aliphatic imine (C=N–C) groups is 1. The Balaban J connectivity index is 0.00000320. The van der Waals surface area contributed by atoms with E-state index in [-0.39, 0.29) is 30.1 Å². The number of rotatable bonds is 8. The highest BCUT2D eigenvalue weighted by molar-refractivity contribution is 14.0. The van der Waals surface area contributed by atoms with Gasteiger partial charge in [-0.05, 0) is 43.7 Å². The number of hydrogen-bond donors (Lipinski definition) is 2. The van der Waals surface area contributed by atoms with Crippen LogP contribution in [0.1, 0.15) is 30.5 Å². The Labute approximate surface area is 195 Å². The maximum absolute atomic E-state index is 6.07. The first-order valence-electron chi connectivity index (χ1n) is 9.74. The minimum atomic E-state index is 0. The van der Waals surface area contributed by atoms with Gasteiger partial charge in [-0.2, -0.15) is 0 Å². The molecule has 0 fully saturated rings. The van der Waals surface area contributed by atoms with Crippen LogP contribution in [0.25, 0.3) is 0 Å². The van der Waals surface area contributed by atoms with Crippen LogP contribution in [0.2, 0.25) is 0 Å². The van der Waals surface area contributed by atoms with Gasteiger partial charge < -0.3 is 30.0 Å². The number of methoxy groups -OCH3 is 2. The highest BCUT2D eigenvalue weighted by Gasteiger charge is 2.21. The Kier molecular flexibility index (Phi) is 8.88. The third kappa shape index (κ3) is 5.84. The summed E-state index contributed by atoms with van der Waals surface area (Å²) in [4.78, 5) is 4.42. The molecule has 3 N–H and O–H groups in total. The lowest BCUT2D eigenvalue weighted by Gasteiger charge is -2.14. The van der Waals surface area contributed by atoms with Gasteiger partial charge in [0.05, 0.1) is 27.4 Å². The molecule has 0 spiro atoms. The Morgan fingerprint density at radius 3 is 2.63 bits per heavy atom. The molecule has 1 heterocycles. The van der Waals surface area contributed by atoms with Crippen LogP contribution in [0.4, 0.5) is 0 Å². The summed E-state index contributed by atoms with van der Waals surface area (Å²) in [7, 11) is 3.22. The third-order valence-corrected chi connectivity index (χ3v) is 4.72. The van der Waals surface area contributed by atoms with Crippen molar-refractivity contribution < 1.29 is 18.9 Å². The Bertz CT molecular complexity index is 889. The lowest BCUT2D eigenvalue weighted by molar-refractivity contribution is 0.254. The van der Waals surface area contributed by atoms with Crippen molar-refractivity contribution in [1.82, 2.24) is 5.32 Å². The Morgan fingerprint density at radius 1 is 1.17 bits per heavy atom. The first kappa shape index (κ1) is 23.9. The number of nitrogens with two attached hydrogens (primary N) is 1. The summed E-state index contributed by atoms with van der Waals surface area (Å²) in [5.74, 6) is 3.48. The number of halogens is 1. The van der Waals surface area contributed by atoms with Crippen LogP contribution >= 0.6 is 24.0 Å². The van der Waals surface area contributed by atoms with E-state index in [0.717, 1.165) is 29.0 Å². The average Bonchev–Trinajstić information content (AvgIpc) is 3.09. The zero-order chi connectivity index (χ0) is 20.8. The van der Waals surface area contributed by atoms with Crippen molar-refractivity contribution in [2.24, 2.45) is 10.7 Å². The SMILES string of the molecule is CCOc1cc2c(cc1CNC(N)=NCc1ccc(OC)c(OC)c1)OC(C)C2.I. The Hall–Kier alpha value is -2.36. The molecule has 0 aromatic heterocycles. The molecule has 3 rings (SSSR count). The topological polar surface area (TPSA) is 87.3 Å². The second-order valence-corrected chi connectivity index (χ2v) is 6.88. The molecule has 0 aliphatic carbocycles. The van der Waals surface area contributed by atoms with Crippen LogP contribution in [0.3, 0.4) is 0 Å². The molecule has 0 amide bonds. The van der Waals surface area contributed by atoms with Gasteiger partial charge >= 0.3 is 0 Å². The molecule has 7 nitrogen and oxygen atoms in total. The summed E-state index contributed by atoms with van der Waals surface area (Å²) in [6.45, 7) is 5.58. The van der Waals surface area contributed by atoms with Crippen molar-refractivity contribution in [3.05, 3.63) is 47.0 Å². The van der Waals surface area contributed by atoms with Crippen molar-refractivity contribution in [3.8, 4) is 23.0 Å². The number of hydrogen-bond acceptors (Lipinski definition) is 5. The number of nitrogens with zero attached hydrogens (tertiary/aromatic N) is 1. The summed E-state index contributed by atoms with van der Waals surface area (Å²) < 4.78 is 22.2. The van der Waals surface area contributed by atoms with Gasteiger partial charge in [-0.1, -0.05) is 6.07 Å². The van der Waals surface area contributed by atoms with Crippen LogP contribution in [0.15, 0.2) is 35.3 Å². The molecular weight excluding hydrogens is 497 g/mol. The predicted octanol–water partition coefficient (Wildman–Crippen LogP) is 3.65. The van der Waals surface area contributed by atoms with Gasteiger partial charge in [0.25, 0.3) is 0 Å². The molecule has 0 radical (unpaired) electrons. The number of benzene rings is 2. The maximum atomic E-state index is 6.07. The molecule has 2 aromatic carbocycles. The van der Waals surface area contributed by atoms with E-state index in [9.17, 15) is 0 Å². The summed E-state index contributed by atoms with van der Waals surface area (Å²) in [5.41, 5.74) is 9.21. The molecule has 0 bridgehead atoms. The fourth-order valence-electron chi connectivity index (χ4n) is 3.31. The van der Waals surface area contributed by atoms with Gasteiger partial charge in [-0.3, -0.25) is 0 Å². The zero-order valence-electron chi connectivity index (χ0n) is 17.9. The van der Waals surface area contributed by atoms with Crippen LogP contribution in [0, 0.1) is 0 Å². The van der Waals surface area contributed by atoms with Crippen molar-refractivity contribution in [2.45, 2.75) is 39.5 Å². The number of fused-ring (bicyclic) bond motifs is 1. The predicted molar refractivity (Wildman–Crippen MR) is 129 cm³/mol. The first-order valence-corrected chi connectivity index (χ1v) is 9.74. The molecule has 1 atom stereocenters. The zero-order valence-corrected chi connectivity index (χ0v) is 20.2. The van der Waals surface area contributed by atoms with Gasteiger partial charge in [0.2, 0.25) is 0 Å². The van der Waals surface area contributed by atoms with Crippen molar-refractivity contribution in [2.75, 3.05) is 20.8 Å². The highest BCUT2D eigenvalue weighted by atomic mass is 127. The molecule has 0 saturated heterocycles. The van der Waals surface area contributed by atoms with E-state index in [2.05, 4.69) is 23.3 Å². The lowest BCUT2D eigenvalue weighted by Crippen LogP contribution is -2.31. The fraction of sp³-hybridized carbons (Fsp3) is 0.409. The molecule has 30 heavy (non-hydrogen) atoms. The minimum absolute atomic E-state index is 0. The molecule has 0 saturated carbocycles. The largest absolute Gasteiger partial charge is 0.494 e. The van der Waals surface area contributed by atoms with Crippen LogP contribution in [-0.4, -0.2) is 32.9 Å². The lowest BCUT2D eigenvalue weighted by atomic mass is 10.1. The number of ether oxygens (including phenoxy) is 4. The fourth-order valence-corrected chi connectivity index (χ4v) is 3.31. The Morgan fingerprint density at radius 2 is 1.93 bits per heavy atom. The molecule has 2 aromatic rings. The molecule has 1 aliphatic heterocycles. The maximum Gasteiger partial charge on any atom is 0.189 e. The minimum Gasteiger partial charge on any atom is -0.494 e. The van der Waals surface area contributed by atoms with Gasteiger partial charge in [-0.25, -0.2) is 4.99 Å². The summed E-state index contributed by atoms with van der Waals surface area (Å²) >= 11 is 0. The van der Waals surface area contributed by atoms with Crippen molar-refractivity contribution >= 4 is 29.9 Å². The smallest absolute Gasteiger partial charge is 0.189 e. The molecule has 164 valence electrons. The van der Waals surface area contributed by atoms with Gasteiger partial charge in [0, 0.05) is 24.1 Å². The normalized spacial score (nSPS) is 14.9. The highest BCUT2D eigenvalue weighted by Crippen LogP contribution is 2.35. The second kappa shape index (κ2) is 11.1. The van der Waals surface area contributed by atoms with E-state index >= 15 is 0 Å². The number of guanidine groups is 1. The summed E-state index contributed by atoms with van der Waals surface area (Å²) in [5, 5.41) is 3.16. The second-order valence-electron chi connectivity index (χ2n) is 6.88. The molecule has 1 aliphatic rings. The van der Waals surface area contributed by atoms with Crippen molar-refractivity contribution in [3.63, 3.8) is 0 Å². The van der Waals surface area contributed by atoms with E-state index in [0.29, 0.717) is 37.2 Å². The monoisotopic (exact) mass is 527 g/mol. The van der Waals surface area contributed by atoms with Gasteiger partial charge in [0.1, 0.15) is 17.6 Å². The standard InChI is InChI=1S/C22H29N3O4.HI/c1-5-28-19-10-16-8-14(2)29-20(16)11-17(19)13-25-22(23)24-12-15-6-7-18(26-3)21(9-15)27-4;/h6-7,9-11,14H,5,8,12-13H2,1-4H3,(H3,23,24,25);1H. The summed E-state index contributed by atoms with van der Waals surface area (Å²) in [6.07, 6.45) is 1.09. The molecule has 8 heteroatoms. The molecule has 1 unspecified atom stereocenters. The summed E-state index contributed by atoms with van der Waals surface area (Å²) in [6, 6.07) is 9.77. The van der Waals surface area contributed by atoms with E-state index in [1.807, 2.05) is 31.2 Å². The van der Waals surface area contributed by atoms with Crippen LogP contribution < -0.4 is 30.0 Å². The van der Waals surface area contributed by atoms with E-state index < -0.39 is 0 Å². The first-order chi connectivity index (χ1) is 14.0. The van der Waals surface area contributed by atoms with Crippen molar-refractivity contribution in [1.29, 1.82) is 0 Å². The third-order valence-electron chi connectivity index (χ3n) is 4.72.